The normalized spacial score (nSPS) is 18.5. The number of nitrogens with zero attached hydrogens (tertiary/aromatic N) is 4. The summed E-state index contributed by atoms with van der Waals surface area (Å²) in [5.41, 5.74) is 1.62. The third kappa shape index (κ3) is 12.2. The minimum atomic E-state index is -0.896. The standard InChI is InChI=1S/C46H69N7O9/c1-11-30(6)40(36(60-9)27-37(54)52-25-14-17-35(52)41(61-10)31(7)42(55)49-23-20-32-18-21-47-22-19-32)51(8)46(59)39(29(4)5)50-43(56)38(28(2)3)48-24-26-62-53-44(57)33-15-12-13-16-34(33)45(53)58/h12-13,15-16,18-19,21-22,28-31,35-36,38-41,48H,11,14,17,20,23-27H2,1-10H3,(H,49,55)(H,50,56)/t30-,31+,35-,36+,38-,39-,40-,41+/m0/s1. The van der Waals surface area contributed by atoms with E-state index in [-0.39, 0.29) is 78.1 Å². The molecule has 16 nitrogen and oxygen atoms in total. The van der Waals surface area contributed by atoms with E-state index >= 15 is 0 Å². The zero-order valence-electron chi connectivity index (χ0n) is 38.2. The van der Waals surface area contributed by atoms with Crippen molar-refractivity contribution in [2.45, 2.75) is 117 Å². The smallest absolute Gasteiger partial charge is 0.285 e. The average molecular weight is 864 g/mol. The number of nitrogens with one attached hydrogen (secondary N) is 3. The summed E-state index contributed by atoms with van der Waals surface area (Å²) in [5.74, 6) is -3.13. The second kappa shape index (κ2) is 23.6. The maximum atomic E-state index is 14.5. The number of methoxy groups -OCH3 is 2. The fourth-order valence-corrected chi connectivity index (χ4v) is 8.59. The molecular weight excluding hydrogens is 795 g/mol. The summed E-state index contributed by atoms with van der Waals surface area (Å²) in [6, 6.07) is 7.88. The lowest BCUT2D eigenvalue weighted by Gasteiger charge is -2.41. The van der Waals surface area contributed by atoms with Crippen LogP contribution >= 0.6 is 0 Å². The lowest BCUT2D eigenvalue weighted by molar-refractivity contribution is -0.147. The molecule has 1 aromatic carbocycles. The summed E-state index contributed by atoms with van der Waals surface area (Å²) >= 11 is 0. The first-order valence-corrected chi connectivity index (χ1v) is 22.0. The van der Waals surface area contributed by atoms with Crippen LogP contribution in [0.5, 0.6) is 0 Å². The first-order valence-electron chi connectivity index (χ1n) is 22.0. The lowest BCUT2D eigenvalue weighted by atomic mass is 9.89. The van der Waals surface area contributed by atoms with Crippen LogP contribution in [0.2, 0.25) is 0 Å². The van der Waals surface area contributed by atoms with Gasteiger partial charge < -0.3 is 35.2 Å². The van der Waals surface area contributed by atoms with E-state index in [1.165, 1.54) is 0 Å². The number of pyridine rings is 1. The number of ether oxygens (including phenoxy) is 2. The molecule has 0 unspecified atom stereocenters. The number of carbonyl (C=O) groups is 6. The van der Waals surface area contributed by atoms with Crippen molar-refractivity contribution in [2.75, 3.05) is 47.5 Å². The largest absolute Gasteiger partial charge is 0.379 e. The van der Waals surface area contributed by atoms with Crippen LogP contribution in [-0.2, 0) is 39.9 Å². The number of hydroxylamine groups is 2. The predicted molar refractivity (Wildman–Crippen MR) is 233 cm³/mol. The van der Waals surface area contributed by atoms with E-state index < -0.39 is 48.1 Å². The van der Waals surface area contributed by atoms with Gasteiger partial charge in [-0.3, -0.25) is 38.6 Å². The number of hydrogen-bond donors (Lipinski definition) is 3. The minimum absolute atomic E-state index is 0.00337. The topological polar surface area (TPSA) is 189 Å². The summed E-state index contributed by atoms with van der Waals surface area (Å²) in [4.78, 5) is 94.3. The zero-order valence-corrected chi connectivity index (χ0v) is 38.2. The number of likely N-dealkylation sites (tertiary alicyclic amines) is 1. The molecule has 0 spiro atoms. The van der Waals surface area contributed by atoms with Crippen molar-refractivity contribution in [1.82, 2.24) is 35.8 Å². The molecule has 8 atom stereocenters. The summed E-state index contributed by atoms with van der Waals surface area (Å²) in [5, 5.41) is 9.92. The number of fused-ring (bicyclic) bond motifs is 1. The second-order valence-electron chi connectivity index (χ2n) is 17.2. The van der Waals surface area contributed by atoms with Gasteiger partial charge in [0, 0.05) is 53.3 Å². The molecule has 0 aliphatic carbocycles. The number of benzene rings is 1. The van der Waals surface area contributed by atoms with Gasteiger partial charge in [0.25, 0.3) is 11.8 Å². The number of likely N-dealkylation sites (N-methyl/N-ethyl adjacent to an activating group) is 1. The Kier molecular flexibility index (Phi) is 19.0. The number of imide groups is 1. The van der Waals surface area contributed by atoms with E-state index in [2.05, 4.69) is 20.9 Å². The van der Waals surface area contributed by atoms with Crippen molar-refractivity contribution >= 4 is 35.4 Å². The van der Waals surface area contributed by atoms with Crippen molar-refractivity contribution in [3.8, 4) is 0 Å². The van der Waals surface area contributed by atoms with E-state index in [4.69, 9.17) is 14.3 Å². The number of hydrogen-bond acceptors (Lipinski definition) is 11. The molecule has 62 heavy (non-hydrogen) atoms. The fraction of sp³-hybridized carbons (Fsp3) is 0.630. The minimum Gasteiger partial charge on any atom is -0.379 e. The molecule has 0 saturated carbocycles. The molecule has 6 amide bonds. The zero-order chi connectivity index (χ0) is 45.7. The molecule has 2 aliphatic heterocycles. The number of carbonyl (C=O) groups excluding carboxylic acids is 6. The van der Waals surface area contributed by atoms with Crippen molar-refractivity contribution in [3.63, 3.8) is 0 Å². The molecule has 3 heterocycles. The summed E-state index contributed by atoms with van der Waals surface area (Å²) in [6.45, 7) is 14.4. The molecule has 16 heteroatoms. The maximum Gasteiger partial charge on any atom is 0.285 e. The Bertz CT molecular complexity index is 1790. The Labute approximate surface area is 367 Å². The van der Waals surface area contributed by atoms with E-state index in [1.807, 2.05) is 60.6 Å². The number of amides is 6. The Balaban J connectivity index is 1.39. The highest BCUT2D eigenvalue weighted by molar-refractivity contribution is 6.20. The van der Waals surface area contributed by atoms with Gasteiger partial charge in [-0.15, -0.1) is 5.06 Å². The van der Waals surface area contributed by atoms with Gasteiger partial charge in [-0.1, -0.05) is 67.0 Å². The molecule has 2 aliphatic rings. The third-order valence-electron chi connectivity index (χ3n) is 12.3. The van der Waals surface area contributed by atoms with Gasteiger partial charge in [-0.25, -0.2) is 0 Å². The molecule has 2 aromatic rings. The first kappa shape index (κ1) is 49.9. The van der Waals surface area contributed by atoms with Crippen LogP contribution in [-0.4, -0.2) is 139 Å². The van der Waals surface area contributed by atoms with Crippen LogP contribution < -0.4 is 16.0 Å². The summed E-state index contributed by atoms with van der Waals surface area (Å²) in [6.07, 6.45) is 5.07. The van der Waals surface area contributed by atoms with Crippen LogP contribution in [0.4, 0.5) is 0 Å². The number of aromatic nitrogens is 1. The van der Waals surface area contributed by atoms with E-state index in [9.17, 15) is 28.8 Å². The molecule has 342 valence electrons. The van der Waals surface area contributed by atoms with Gasteiger partial charge in [0.05, 0.1) is 60.4 Å². The molecule has 4 rings (SSSR count). The Hall–Kier alpha value is -4.77. The van der Waals surface area contributed by atoms with Crippen molar-refractivity contribution in [3.05, 3.63) is 65.5 Å². The Morgan fingerprint density at radius 1 is 0.871 bits per heavy atom. The van der Waals surface area contributed by atoms with Crippen LogP contribution in [0, 0.1) is 23.7 Å². The third-order valence-corrected chi connectivity index (χ3v) is 12.3. The molecule has 0 radical (unpaired) electrons. The van der Waals surface area contributed by atoms with Gasteiger partial charge >= 0.3 is 0 Å². The van der Waals surface area contributed by atoms with Crippen LogP contribution in [0.25, 0.3) is 0 Å². The van der Waals surface area contributed by atoms with E-state index in [1.54, 1.807) is 67.7 Å². The fourth-order valence-electron chi connectivity index (χ4n) is 8.59. The molecule has 1 aromatic heterocycles. The second-order valence-corrected chi connectivity index (χ2v) is 17.2. The van der Waals surface area contributed by atoms with E-state index in [0.717, 1.165) is 17.0 Å². The van der Waals surface area contributed by atoms with Crippen LogP contribution in [0.1, 0.15) is 100 Å². The van der Waals surface area contributed by atoms with Crippen molar-refractivity contribution < 1.29 is 43.1 Å². The van der Waals surface area contributed by atoms with Gasteiger partial charge in [0.15, 0.2) is 0 Å². The molecule has 3 N–H and O–H groups in total. The monoisotopic (exact) mass is 864 g/mol. The first-order chi connectivity index (χ1) is 29.6. The van der Waals surface area contributed by atoms with Crippen molar-refractivity contribution in [2.24, 2.45) is 23.7 Å². The van der Waals surface area contributed by atoms with Gasteiger partial charge in [0.1, 0.15) is 6.04 Å². The molecule has 0 bridgehead atoms. The van der Waals surface area contributed by atoms with Crippen LogP contribution in [0.3, 0.4) is 0 Å². The molecular formula is C46H69N7O9. The predicted octanol–water partition coefficient (Wildman–Crippen LogP) is 3.64. The van der Waals surface area contributed by atoms with E-state index in [0.29, 0.717) is 32.4 Å². The quantitative estimate of drug-likeness (QED) is 0.103. The van der Waals surface area contributed by atoms with Crippen molar-refractivity contribution in [1.29, 1.82) is 0 Å². The lowest BCUT2D eigenvalue weighted by Crippen LogP contribution is -2.60. The highest BCUT2D eigenvalue weighted by atomic mass is 16.7. The van der Waals surface area contributed by atoms with Gasteiger partial charge in [-0.05, 0) is 66.8 Å². The maximum absolute atomic E-state index is 14.5. The summed E-state index contributed by atoms with van der Waals surface area (Å²) < 4.78 is 12.0. The Morgan fingerprint density at radius 3 is 2.06 bits per heavy atom. The number of rotatable bonds is 24. The van der Waals surface area contributed by atoms with Crippen LogP contribution in [0.15, 0.2) is 48.8 Å². The van der Waals surface area contributed by atoms with Gasteiger partial charge in [-0.2, -0.15) is 0 Å². The molecule has 1 saturated heterocycles. The highest BCUT2D eigenvalue weighted by Crippen LogP contribution is 2.30. The molecule has 1 fully saturated rings. The van der Waals surface area contributed by atoms with Gasteiger partial charge in [0.2, 0.25) is 23.6 Å². The SMILES string of the molecule is CC[C@H](C)[C@@H]([C@@H](CC(=O)N1CCC[C@H]1[C@H](OC)[C@@H](C)C(=O)NCCc1ccncc1)OC)N(C)C(=O)[C@@H](NC(=O)[C@@H](NCCON1C(=O)c2ccccc2C1=O)C(C)C)C(C)C. The highest BCUT2D eigenvalue weighted by Gasteiger charge is 2.43. The average Bonchev–Trinajstić information content (AvgIpc) is 3.84. The Morgan fingerprint density at radius 2 is 1.50 bits per heavy atom. The summed E-state index contributed by atoms with van der Waals surface area (Å²) in [7, 11) is 4.81.